The number of amides is 1. The van der Waals surface area contributed by atoms with Gasteiger partial charge in [0.05, 0.1) is 11.9 Å². The van der Waals surface area contributed by atoms with E-state index in [4.69, 9.17) is 0 Å². The molecule has 0 unspecified atom stereocenters. The molecule has 0 saturated heterocycles. The van der Waals surface area contributed by atoms with E-state index >= 15 is 0 Å². The van der Waals surface area contributed by atoms with Gasteiger partial charge >= 0.3 is 5.82 Å². The Balaban J connectivity index is 1.71. The number of hydrogen-bond acceptors (Lipinski definition) is 9. The Hall–Kier alpha value is -2.18. The van der Waals surface area contributed by atoms with Crippen molar-refractivity contribution in [2.75, 3.05) is 12.3 Å². The lowest BCUT2D eigenvalue weighted by Crippen LogP contribution is -2.25. The fraction of sp³-hybridized carbons (Fsp3) is 0.286. The first-order chi connectivity index (χ1) is 12.6. The van der Waals surface area contributed by atoms with E-state index in [1.807, 2.05) is 6.92 Å². The molecule has 0 spiro atoms. The molecule has 0 bridgehead atoms. The highest BCUT2D eigenvalue weighted by atomic mass is 32.2. The van der Waals surface area contributed by atoms with Gasteiger partial charge in [0.1, 0.15) is 0 Å². The number of carbonyl (C=O) groups excluding carboxylic acids is 1. The second-order valence-corrected chi connectivity index (χ2v) is 8.44. The third-order valence-corrected chi connectivity index (χ3v) is 6.19. The lowest BCUT2D eigenvalue weighted by molar-refractivity contribution is -0.393. The first-order valence-corrected chi connectivity index (χ1v) is 10.2. The van der Waals surface area contributed by atoms with Gasteiger partial charge in [0.25, 0.3) is 0 Å². The molecule has 0 saturated carbocycles. The van der Waals surface area contributed by atoms with Gasteiger partial charge in [-0.25, -0.2) is 0 Å². The molecule has 0 fully saturated rings. The third-order valence-electron chi connectivity index (χ3n) is 3.12. The van der Waals surface area contributed by atoms with Crippen molar-refractivity contribution < 1.29 is 9.72 Å². The average Bonchev–Trinajstić information content (AvgIpc) is 3.22. The SMILES string of the molecule is CCCNC(=O)CSc1nnc(Sc2nc3ccccn3c2[N+](=O)[O-])s1. The summed E-state index contributed by atoms with van der Waals surface area (Å²) in [6, 6.07) is 5.18. The Morgan fingerprint density at radius 3 is 2.96 bits per heavy atom. The van der Waals surface area contributed by atoms with E-state index in [1.165, 1.54) is 27.5 Å². The number of carbonyl (C=O) groups is 1. The van der Waals surface area contributed by atoms with Crippen LogP contribution < -0.4 is 5.32 Å². The van der Waals surface area contributed by atoms with E-state index in [-0.39, 0.29) is 22.5 Å². The Morgan fingerprint density at radius 1 is 1.38 bits per heavy atom. The van der Waals surface area contributed by atoms with Crippen LogP contribution in [0.25, 0.3) is 5.65 Å². The fourth-order valence-electron chi connectivity index (χ4n) is 2.02. The summed E-state index contributed by atoms with van der Waals surface area (Å²) in [5, 5.41) is 22.5. The predicted molar refractivity (Wildman–Crippen MR) is 99.9 cm³/mol. The number of hydrogen-bond donors (Lipinski definition) is 1. The molecule has 0 atom stereocenters. The lowest BCUT2D eigenvalue weighted by Gasteiger charge is -2.00. The van der Waals surface area contributed by atoms with Crippen LogP contribution in [-0.4, -0.2) is 42.7 Å². The molecule has 3 aromatic heterocycles. The Labute approximate surface area is 160 Å². The highest BCUT2D eigenvalue weighted by molar-refractivity contribution is 8.03. The van der Waals surface area contributed by atoms with E-state index in [9.17, 15) is 14.9 Å². The van der Waals surface area contributed by atoms with Crippen molar-refractivity contribution in [3.05, 3.63) is 34.5 Å². The maximum absolute atomic E-state index is 11.6. The molecule has 9 nitrogen and oxygen atoms in total. The minimum absolute atomic E-state index is 0.0581. The van der Waals surface area contributed by atoms with E-state index in [0.29, 0.717) is 20.9 Å². The summed E-state index contributed by atoms with van der Waals surface area (Å²) in [4.78, 5) is 26.9. The summed E-state index contributed by atoms with van der Waals surface area (Å²) in [6.45, 7) is 2.63. The van der Waals surface area contributed by atoms with Gasteiger partial charge in [-0.3, -0.25) is 4.79 Å². The summed E-state index contributed by atoms with van der Waals surface area (Å²) in [5.74, 6) is 0.0968. The topological polar surface area (TPSA) is 115 Å². The van der Waals surface area contributed by atoms with E-state index in [2.05, 4.69) is 20.5 Å². The molecule has 26 heavy (non-hydrogen) atoms. The largest absolute Gasteiger partial charge is 0.362 e. The highest BCUT2D eigenvalue weighted by Crippen LogP contribution is 2.37. The van der Waals surface area contributed by atoms with Gasteiger partial charge in [-0.2, -0.15) is 9.38 Å². The number of fused-ring (bicyclic) bond motifs is 1. The van der Waals surface area contributed by atoms with Crippen molar-refractivity contribution in [1.82, 2.24) is 24.9 Å². The van der Waals surface area contributed by atoms with Crippen LogP contribution >= 0.6 is 34.9 Å². The normalized spacial score (nSPS) is 11.0. The summed E-state index contributed by atoms with van der Waals surface area (Å²) < 4.78 is 2.59. The summed E-state index contributed by atoms with van der Waals surface area (Å²) >= 11 is 3.66. The third kappa shape index (κ3) is 4.31. The molecule has 3 heterocycles. The number of rotatable bonds is 8. The van der Waals surface area contributed by atoms with Crippen molar-refractivity contribution in [2.24, 2.45) is 0 Å². The molecule has 136 valence electrons. The van der Waals surface area contributed by atoms with Gasteiger partial charge in [-0.15, -0.1) is 10.2 Å². The zero-order valence-corrected chi connectivity index (χ0v) is 16.1. The van der Waals surface area contributed by atoms with Crippen LogP contribution in [0.4, 0.5) is 5.82 Å². The van der Waals surface area contributed by atoms with Gasteiger partial charge in [0, 0.05) is 12.6 Å². The standard InChI is InChI=1S/C14H14N6O3S3/c1-2-6-15-10(21)8-24-13-17-18-14(26-13)25-11-12(20(22)23)19-7-4-3-5-9(19)16-11/h3-5,7H,2,6,8H2,1H3,(H,15,21). The number of thioether (sulfide) groups is 1. The van der Waals surface area contributed by atoms with Crippen molar-refractivity contribution in [2.45, 2.75) is 27.0 Å². The number of pyridine rings is 1. The van der Waals surface area contributed by atoms with Crippen LogP contribution in [0.2, 0.25) is 0 Å². The average molecular weight is 411 g/mol. The molecule has 12 heteroatoms. The lowest BCUT2D eigenvalue weighted by atomic mass is 10.5. The van der Waals surface area contributed by atoms with Gasteiger partial charge in [-0.05, 0) is 29.2 Å². The predicted octanol–water partition coefficient (Wildman–Crippen LogP) is 2.86. The summed E-state index contributed by atoms with van der Waals surface area (Å²) in [6.07, 6.45) is 2.48. The van der Waals surface area contributed by atoms with Crippen LogP contribution in [0.1, 0.15) is 13.3 Å². The van der Waals surface area contributed by atoms with E-state index in [0.717, 1.165) is 18.2 Å². The van der Waals surface area contributed by atoms with Gasteiger partial charge in [-0.1, -0.05) is 36.1 Å². The molecule has 3 rings (SSSR count). The van der Waals surface area contributed by atoms with Crippen LogP contribution in [0, 0.1) is 10.1 Å². The first-order valence-electron chi connectivity index (χ1n) is 7.60. The second kappa shape index (κ2) is 8.47. The molecule has 1 amide bonds. The van der Waals surface area contributed by atoms with Crippen molar-refractivity contribution >= 4 is 52.2 Å². The minimum Gasteiger partial charge on any atom is -0.358 e. The molecule has 0 aliphatic heterocycles. The fourth-order valence-corrected chi connectivity index (χ4v) is 4.88. The number of nitrogens with one attached hydrogen (secondary N) is 1. The highest BCUT2D eigenvalue weighted by Gasteiger charge is 2.24. The summed E-state index contributed by atoms with van der Waals surface area (Å²) in [5.41, 5.74) is 0.494. The van der Waals surface area contributed by atoms with Gasteiger partial charge in [0.2, 0.25) is 16.6 Å². The Bertz CT molecular complexity index is 941. The molecule has 0 aliphatic rings. The van der Waals surface area contributed by atoms with Gasteiger partial charge < -0.3 is 15.4 Å². The second-order valence-electron chi connectivity index (χ2n) is 5.00. The maximum Gasteiger partial charge on any atom is 0.362 e. The molecular weight excluding hydrogens is 396 g/mol. The molecule has 1 N–H and O–H groups in total. The Morgan fingerprint density at radius 2 is 2.19 bits per heavy atom. The number of imidazole rings is 1. The van der Waals surface area contributed by atoms with E-state index < -0.39 is 4.92 Å². The van der Waals surface area contributed by atoms with Crippen LogP contribution in [0.5, 0.6) is 0 Å². The smallest absolute Gasteiger partial charge is 0.358 e. The number of aromatic nitrogens is 4. The van der Waals surface area contributed by atoms with Crippen molar-refractivity contribution in [3.63, 3.8) is 0 Å². The molecule has 0 aromatic carbocycles. The van der Waals surface area contributed by atoms with Crippen LogP contribution in [-0.2, 0) is 4.79 Å². The molecule has 0 aliphatic carbocycles. The van der Waals surface area contributed by atoms with Crippen LogP contribution in [0.15, 0.2) is 38.1 Å². The number of nitro groups is 1. The first kappa shape index (κ1) is 18.6. The zero-order valence-electron chi connectivity index (χ0n) is 13.6. The quantitative estimate of drug-likeness (QED) is 0.342. The molecule has 3 aromatic rings. The molecular formula is C14H14N6O3S3. The maximum atomic E-state index is 11.6. The van der Waals surface area contributed by atoms with Crippen LogP contribution in [0.3, 0.4) is 0 Å². The van der Waals surface area contributed by atoms with E-state index in [1.54, 1.807) is 24.4 Å². The number of nitrogens with zero attached hydrogens (tertiary/aromatic N) is 5. The van der Waals surface area contributed by atoms with Gasteiger partial charge in [0.15, 0.2) is 8.68 Å². The minimum atomic E-state index is -0.461. The monoisotopic (exact) mass is 410 g/mol. The van der Waals surface area contributed by atoms with Crippen molar-refractivity contribution in [1.29, 1.82) is 0 Å². The van der Waals surface area contributed by atoms with Crippen molar-refractivity contribution in [3.8, 4) is 0 Å². The zero-order chi connectivity index (χ0) is 18.5. The molecule has 0 radical (unpaired) electrons. The summed E-state index contributed by atoms with van der Waals surface area (Å²) in [7, 11) is 0. The Kier molecular flexibility index (Phi) is 6.06.